The lowest BCUT2D eigenvalue weighted by molar-refractivity contribution is 0.464. The molecule has 18 rings (SSSR count). The van der Waals surface area contributed by atoms with Crippen molar-refractivity contribution >= 4 is 69.3 Å². The summed E-state index contributed by atoms with van der Waals surface area (Å²) in [6.07, 6.45) is 0. The molecule has 15 nitrogen and oxygen atoms in total. The number of aromatic nitrogens is 3. The molecule has 6 aliphatic heterocycles. The molecule has 0 N–H and O–H groups in total. The molecule has 12 aromatic rings. The fraction of sp³-hybridized carbons (Fsp3) is 0. The molecule has 0 amide bonds. The average molecular weight is 1190 g/mol. The van der Waals surface area contributed by atoms with Gasteiger partial charge in [0, 0.05) is 27.5 Å². The number of nitriles is 6. The number of nitrogens with zero attached hydrogens (tertiary/aromatic N) is 9. The Morgan fingerprint density at radius 3 is 0.731 bits per heavy atom. The molecule has 0 saturated carbocycles. The van der Waals surface area contributed by atoms with Crippen LogP contribution in [0.4, 0.5) is 0 Å². The van der Waals surface area contributed by atoms with Crippen LogP contribution in [0.3, 0.4) is 0 Å². The predicted octanol–water partition coefficient (Wildman–Crippen LogP) is 9.66. The molecule has 0 fully saturated rings. The maximum Gasteiger partial charge on any atom is 0.260 e. The molecule has 0 bridgehead atoms. The lowest BCUT2D eigenvalue weighted by Crippen LogP contribution is -2.57. The summed E-state index contributed by atoms with van der Waals surface area (Å²) in [6, 6.07) is 81.5. The first-order chi connectivity index (χ1) is 45.7. The van der Waals surface area contributed by atoms with E-state index in [1.807, 2.05) is 170 Å². The van der Waals surface area contributed by atoms with Crippen molar-refractivity contribution in [2.45, 2.75) is 0 Å². The fourth-order valence-corrected chi connectivity index (χ4v) is 13.1. The van der Waals surface area contributed by atoms with Crippen LogP contribution < -0.4 is 77.6 Å². The fourth-order valence-electron chi connectivity index (χ4n) is 13.1. The molecule has 6 aliphatic rings. The number of hydrogen-bond acceptors (Lipinski definition) is 15. The molecule has 9 heterocycles. The lowest BCUT2D eigenvalue weighted by Gasteiger charge is -2.33. The Kier molecular flexibility index (Phi) is 13.1. The molecule has 93 heavy (non-hydrogen) atoms. The standard InChI is InChI=1S/3C25H12BN3O2/c27-13-17-9-15(10-18(14-28)29-17)16-11-23-25-24(12-16)31-22-8-4-2-6-20(22)26(25)19-5-1-3-7-21(19)30-23;2*27-13-15-9-17(14-28)29-20(10-15)16-11-23-25-24(12-16)31-22-8-4-2-6-19(22)26(25)18-5-1-3-7-21(18)30-23/h3*1-12H. The first-order valence-corrected chi connectivity index (χ1v) is 29.4. The van der Waals surface area contributed by atoms with Gasteiger partial charge in [-0.3, -0.25) is 0 Å². The smallest absolute Gasteiger partial charge is 0.260 e. The summed E-state index contributed by atoms with van der Waals surface area (Å²) in [5.74, 6) is 9.00. The second-order valence-electron chi connectivity index (χ2n) is 22.3. The van der Waals surface area contributed by atoms with Gasteiger partial charge in [0.15, 0.2) is 0 Å². The second kappa shape index (κ2) is 22.2. The van der Waals surface area contributed by atoms with E-state index in [0.717, 1.165) is 100 Å². The Bertz CT molecular complexity index is 4680. The number of fused-ring (bicyclic) bond motifs is 12. The average Bonchev–Trinajstić information content (AvgIpc) is 0.753. The van der Waals surface area contributed by atoms with E-state index in [0.29, 0.717) is 62.6 Å². The highest BCUT2D eigenvalue weighted by Gasteiger charge is 2.43. The Morgan fingerprint density at radius 1 is 0.237 bits per heavy atom. The predicted molar refractivity (Wildman–Crippen MR) is 350 cm³/mol. The van der Waals surface area contributed by atoms with Gasteiger partial charge >= 0.3 is 0 Å². The van der Waals surface area contributed by atoms with Crippen LogP contribution >= 0.6 is 0 Å². The van der Waals surface area contributed by atoms with Gasteiger partial charge in [-0.2, -0.15) is 31.6 Å². The van der Waals surface area contributed by atoms with Crippen molar-refractivity contribution in [3.8, 4) is 139 Å². The summed E-state index contributed by atoms with van der Waals surface area (Å²) in [6.45, 7) is 0.0137. The highest BCUT2D eigenvalue weighted by molar-refractivity contribution is 6.99. The van der Waals surface area contributed by atoms with E-state index in [4.69, 9.17) is 28.4 Å². The summed E-state index contributed by atoms with van der Waals surface area (Å²) in [4.78, 5) is 12.8. The maximum absolute atomic E-state index is 9.35. The van der Waals surface area contributed by atoms with E-state index >= 15 is 0 Å². The molecule has 18 heteroatoms. The summed E-state index contributed by atoms with van der Waals surface area (Å²) < 4.78 is 37.7. The first kappa shape index (κ1) is 54.7. The minimum atomic E-state index is 0.00187. The van der Waals surface area contributed by atoms with Gasteiger partial charge in [-0.05, 0) is 153 Å². The van der Waals surface area contributed by atoms with Crippen LogP contribution in [0.25, 0.3) is 33.6 Å². The van der Waals surface area contributed by atoms with Crippen molar-refractivity contribution in [2.75, 3.05) is 0 Å². The van der Waals surface area contributed by atoms with Crippen LogP contribution in [0.1, 0.15) is 33.9 Å². The largest absolute Gasteiger partial charge is 0.458 e. The van der Waals surface area contributed by atoms with E-state index in [-0.39, 0.29) is 42.9 Å². The van der Waals surface area contributed by atoms with Gasteiger partial charge in [-0.15, -0.1) is 0 Å². The van der Waals surface area contributed by atoms with Crippen molar-refractivity contribution < 1.29 is 28.4 Å². The topological polar surface area (TPSA) is 237 Å². The number of pyridine rings is 3. The van der Waals surface area contributed by atoms with Crippen molar-refractivity contribution in [1.29, 1.82) is 31.6 Å². The minimum absolute atomic E-state index is 0.00187. The van der Waals surface area contributed by atoms with Crippen LogP contribution in [0.15, 0.2) is 218 Å². The third-order valence-electron chi connectivity index (χ3n) is 17.0. The van der Waals surface area contributed by atoms with Gasteiger partial charge in [0.2, 0.25) is 0 Å². The van der Waals surface area contributed by atoms with Gasteiger partial charge < -0.3 is 28.4 Å². The van der Waals surface area contributed by atoms with Crippen LogP contribution in [0.5, 0.6) is 69.0 Å². The zero-order valence-corrected chi connectivity index (χ0v) is 48.5. The van der Waals surface area contributed by atoms with Crippen molar-refractivity contribution in [2.24, 2.45) is 0 Å². The number of hydrogen-bond donors (Lipinski definition) is 0. The van der Waals surface area contributed by atoms with Gasteiger partial charge in [-0.25, -0.2) is 15.0 Å². The Balaban J connectivity index is 0.000000111. The SMILES string of the molecule is N#Cc1cc(-c2cc3c4c(c2)Oc2ccccc2B4c2ccccc2O3)cc(C#N)n1.N#Cc1cc(C#N)nc(-c2cc3c4c(c2)Oc2ccccc2B4c2ccccc2O3)c1.N#Cc1cc(C#N)nc(-c2cc3c4c(c2)Oc2ccccc2B4c2ccccc2O3)c1. The summed E-state index contributed by atoms with van der Waals surface area (Å²) in [5.41, 5.74) is 15.0. The van der Waals surface area contributed by atoms with E-state index in [9.17, 15) is 31.6 Å². The molecule has 0 unspecified atom stereocenters. The van der Waals surface area contributed by atoms with Crippen LogP contribution in [0, 0.1) is 68.0 Å². The highest BCUT2D eigenvalue weighted by Crippen LogP contribution is 2.42. The highest BCUT2D eigenvalue weighted by atomic mass is 16.5. The van der Waals surface area contributed by atoms with Crippen LogP contribution in [-0.4, -0.2) is 35.1 Å². The normalized spacial score (nSPS) is 12.3. The molecule has 0 radical (unpaired) electrons. The molecule has 3 aromatic heterocycles. The zero-order valence-electron chi connectivity index (χ0n) is 48.5. The third kappa shape index (κ3) is 9.41. The Morgan fingerprint density at radius 2 is 0.473 bits per heavy atom. The zero-order chi connectivity index (χ0) is 62.8. The van der Waals surface area contributed by atoms with Gasteiger partial charge in [0.1, 0.15) is 116 Å². The van der Waals surface area contributed by atoms with E-state index < -0.39 is 0 Å². The lowest BCUT2D eigenvalue weighted by atomic mass is 9.35. The molecule has 0 aliphatic carbocycles. The van der Waals surface area contributed by atoms with Crippen molar-refractivity contribution in [3.63, 3.8) is 0 Å². The Hall–Kier alpha value is -13.6. The second-order valence-corrected chi connectivity index (χ2v) is 22.3. The molecular formula is C75H36B3N9O6. The van der Waals surface area contributed by atoms with Crippen molar-refractivity contribution in [1.82, 2.24) is 15.0 Å². The van der Waals surface area contributed by atoms with Gasteiger partial charge in [0.25, 0.3) is 20.1 Å². The van der Waals surface area contributed by atoms with E-state index in [1.54, 1.807) is 24.3 Å². The number of ether oxygens (including phenoxy) is 6. The van der Waals surface area contributed by atoms with Gasteiger partial charge in [0.05, 0.1) is 34.7 Å². The van der Waals surface area contributed by atoms with E-state index in [2.05, 4.69) is 63.5 Å². The molecule has 426 valence electrons. The molecule has 0 saturated heterocycles. The molecule has 9 aromatic carbocycles. The number of benzene rings is 9. The first-order valence-electron chi connectivity index (χ1n) is 29.4. The van der Waals surface area contributed by atoms with Crippen LogP contribution in [-0.2, 0) is 0 Å². The molecule has 0 atom stereocenters. The molecular weight excluding hydrogens is 1160 g/mol. The monoisotopic (exact) mass is 1190 g/mol. The summed E-state index contributed by atoms with van der Waals surface area (Å²) in [7, 11) is 0. The maximum atomic E-state index is 9.35. The summed E-state index contributed by atoms with van der Waals surface area (Å²) >= 11 is 0. The van der Waals surface area contributed by atoms with Crippen LogP contribution in [0.2, 0.25) is 0 Å². The minimum Gasteiger partial charge on any atom is -0.458 e. The third-order valence-corrected chi connectivity index (χ3v) is 17.0. The Labute approximate surface area is 532 Å². The van der Waals surface area contributed by atoms with E-state index in [1.165, 1.54) is 12.1 Å². The number of rotatable bonds is 3. The number of para-hydroxylation sites is 6. The quantitative estimate of drug-likeness (QED) is 0.150. The van der Waals surface area contributed by atoms with Gasteiger partial charge in [-0.1, -0.05) is 109 Å². The molecule has 0 spiro atoms. The van der Waals surface area contributed by atoms with Crippen molar-refractivity contribution in [3.05, 3.63) is 252 Å². The summed E-state index contributed by atoms with van der Waals surface area (Å²) in [5, 5.41) is 55.9.